The van der Waals surface area contributed by atoms with Crippen LogP contribution in [0.25, 0.3) is 0 Å². The van der Waals surface area contributed by atoms with E-state index >= 15 is 0 Å². The van der Waals surface area contributed by atoms with Gasteiger partial charge in [0.1, 0.15) is 5.75 Å². The predicted octanol–water partition coefficient (Wildman–Crippen LogP) is 6.01. The molecule has 4 saturated carbocycles. The van der Waals surface area contributed by atoms with Crippen LogP contribution in [0.1, 0.15) is 70.8 Å². The number of fused-ring (bicyclic) bond motifs is 9. The average molecular weight is 355 g/mol. The summed E-state index contributed by atoms with van der Waals surface area (Å²) in [7, 11) is 0. The molecule has 9 atom stereocenters. The highest BCUT2D eigenvalue weighted by Gasteiger charge is 2.62. The van der Waals surface area contributed by atoms with E-state index in [0.717, 1.165) is 41.3 Å². The molecule has 2 heteroatoms. The molecule has 4 fully saturated rings. The molecule has 0 amide bonds. The lowest BCUT2D eigenvalue weighted by atomic mass is 9.70. The average Bonchev–Trinajstić information content (AvgIpc) is 3.40. The molecule has 0 spiro atoms. The highest BCUT2D eigenvalue weighted by Crippen LogP contribution is 2.67. The molecule has 4 bridgehead atoms. The summed E-state index contributed by atoms with van der Waals surface area (Å²) in [5.74, 6) is 7.45. The molecule has 0 aliphatic heterocycles. The molecule has 0 aromatic heterocycles. The fourth-order valence-corrected chi connectivity index (χ4v) is 7.24. The minimum Gasteiger partial charge on any atom is -0.465 e. The smallest absolute Gasteiger partial charge is 0.197 e. The molecule has 2 nitrogen and oxygen atoms in total. The van der Waals surface area contributed by atoms with Gasteiger partial charge in [0.15, 0.2) is 6.29 Å². The Morgan fingerprint density at radius 1 is 0.923 bits per heavy atom. The van der Waals surface area contributed by atoms with Gasteiger partial charge in [0, 0.05) is 0 Å². The summed E-state index contributed by atoms with van der Waals surface area (Å²) < 4.78 is 12.5. The first kappa shape index (κ1) is 17.1. The zero-order chi connectivity index (χ0) is 17.8. The summed E-state index contributed by atoms with van der Waals surface area (Å²) in [5, 5.41) is 0. The molecule has 0 saturated heterocycles. The first-order valence-corrected chi connectivity index (χ1v) is 11.1. The Kier molecular flexibility index (Phi) is 4.31. The summed E-state index contributed by atoms with van der Waals surface area (Å²) in [4.78, 5) is 0. The standard InChI is InChI=1S/C24H34O2/c1-4-14(2)16-7-9-20(10-8-16)25-15(3)26-22-13-19-12-21(22)24-18-6-5-17(11-18)23(19)24/h7-10,14-15,17-19,21-24H,4-6,11-13H2,1-3H3. The second kappa shape index (κ2) is 6.55. The van der Waals surface area contributed by atoms with E-state index in [0.29, 0.717) is 12.0 Å². The van der Waals surface area contributed by atoms with E-state index in [1.807, 2.05) is 0 Å². The normalized spacial score (nSPS) is 42.0. The number of hydrogen-bond acceptors (Lipinski definition) is 2. The van der Waals surface area contributed by atoms with Gasteiger partial charge in [0.05, 0.1) is 6.10 Å². The summed E-state index contributed by atoms with van der Waals surface area (Å²) in [6.45, 7) is 6.59. The summed E-state index contributed by atoms with van der Waals surface area (Å²) in [6.07, 6.45) is 8.74. The van der Waals surface area contributed by atoms with Gasteiger partial charge in [-0.2, -0.15) is 0 Å². The Bertz CT molecular complexity index is 638. The van der Waals surface area contributed by atoms with E-state index in [1.165, 1.54) is 44.1 Å². The van der Waals surface area contributed by atoms with Crippen molar-refractivity contribution in [3.05, 3.63) is 29.8 Å². The van der Waals surface area contributed by atoms with Gasteiger partial charge in [-0.25, -0.2) is 0 Å². The van der Waals surface area contributed by atoms with Gasteiger partial charge >= 0.3 is 0 Å². The summed E-state index contributed by atoms with van der Waals surface area (Å²) >= 11 is 0. The molecular weight excluding hydrogens is 320 g/mol. The molecule has 4 aliphatic rings. The molecule has 1 aromatic rings. The van der Waals surface area contributed by atoms with Crippen LogP contribution in [0.15, 0.2) is 24.3 Å². The van der Waals surface area contributed by atoms with Crippen LogP contribution in [0.3, 0.4) is 0 Å². The quantitative estimate of drug-likeness (QED) is 0.460. The van der Waals surface area contributed by atoms with Gasteiger partial charge in [-0.05, 0) is 105 Å². The Hall–Kier alpha value is -1.02. The van der Waals surface area contributed by atoms with Crippen molar-refractivity contribution < 1.29 is 9.47 Å². The number of benzene rings is 1. The third-order valence-electron chi connectivity index (χ3n) is 8.40. The van der Waals surface area contributed by atoms with Gasteiger partial charge in [-0.3, -0.25) is 0 Å². The molecule has 5 rings (SSSR count). The van der Waals surface area contributed by atoms with Crippen LogP contribution in [0.4, 0.5) is 0 Å². The van der Waals surface area contributed by atoms with Crippen LogP contribution in [-0.4, -0.2) is 12.4 Å². The van der Waals surface area contributed by atoms with E-state index in [4.69, 9.17) is 9.47 Å². The van der Waals surface area contributed by atoms with Crippen molar-refractivity contribution in [1.82, 2.24) is 0 Å². The van der Waals surface area contributed by atoms with Gasteiger partial charge in [-0.1, -0.05) is 26.0 Å². The van der Waals surface area contributed by atoms with Crippen molar-refractivity contribution >= 4 is 0 Å². The maximum atomic E-state index is 6.44. The molecule has 0 heterocycles. The van der Waals surface area contributed by atoms with Crippen LogP contribution >= 0.6 is 0 Å². The second-order valence-electron chi connectivity index (χ2n) is 9.62. The summed E-state index contributed by atoms with van der Waals surface area (Å²) in [6, 6.07) is 8.61. The minimum absolute atomic E-state index is 0.147. The highest BCUT2D eigenvalue weighted by atomic mass is 16.7. The van der Waals surface area contributed by atoms with Crippen molar-refractivity contribution in [2.24, 2.45) is 35.5 Å². The fraction of sp³-hybridized carbons (Fsp3) is 0.750. The minimum atomic E-state index is -0.147. The largest absolute Gasteiger partial charge is 0.465 e. The molecule has 142 valence electrons. The van der Waals surface area contributed by atoms with E-state index in [9.17, 15) is 0 Å². The fourth-order valence-electron chi connectivity index (χ4n) is 7.24. The van der Waals surface area contributed by atoms with E-state index in [-0.39, 0.29) is 6.29 Å². The van der Waals surface area contributed by atoms with Gasteiger partial charge in [0.25, 0.3) is 0 Å². The van der Waals surface area contributed by atoms with Crippen molar-refractivity contribution in [2.75, 3.05) is 0 Å². The third kappa shape index (κ3) is 2.71. The lowest BCUT2D eigenvalue weighted by Gasteiger charge is -2.39. The lowest BCUT2D eigenvalue weighted by molar-refractivity contribution is -0.137. The van der Waals surface area contributed by atoms with Crippen molar-refractivity contribution in [3.63, 3.8) is 0 Å². The van der Waals surface area contributed by atoms with Crippen LogP contribution in [-0.2, 0) is 4.74 Å². The van der Waals surface area contributed by atoms with Crippen LogP contribution in [0.5, 0.6) is 5.75 Å². The molecule has 1 aromatic carbocycles. The molecule has 4 aliphatic carbocycles. The predicted molar refractivity (Wildman–Crippen MR) is 104 cm³/mol. The van der Waals surface area contributed by atoms with Gasteiger partial charge < -0.3 is 9.47 Å². The Morgan fingerprint density at radius 3 is 2.38 bits per heavy atom. The van der Waals surface area contributed by atoms with Crippen molar-refractivity contribution in [2.45, 2.75) is 77.6 Å². The van der Waals surface area contributed by atoms with Gasteiger partial charge in [-0.15, -0.1) is 0 Å². The van der Waals surface area contributed by atoms with E-state index in [1.54, 1.807) is 0 Å². The van der Waals surface area contributed by atoms with Crippen LogP contribution in [0, 0.1) is 35.5 Å². The first-order chi connectivity index (χ1) is 12.6. The van der Waals surface area contributed by atoms with E-state index < -0.39 is 0 Å². The zero-order valence-electron chi connectivity index (χ0n) is 16.6. The molecular formula is C24H34O2. The molecule has 0 N–H and O–H groups in total. The van der Waals surface area contributed by atoms with Gasteiger partial charge in [0.2, 0.25) is 0 Å². The maximum Gasteiger partial charge on any atom is 0.197 e. The maximum absolute atomic E-state index is 6.44. The number of hydrogen-bond donors (Lipinski definition) is 0. The second-order valence-corrected chi connectivity index (χ2v) is 9.62. The van der Waals surface area contributed by atoms with Crippen LogP contribution < -0.4 is 4.74 Å². The summed E-state index contributed by atoms with van der Waals surface area (Å²) in [5.41, 5.74) is 1.39. The van der Waals surface area contributed by atoms with E-state index in [2.05, 4.69) is 45.0 Å². The Morgan fingerprint density at radius 2 is 1.65 bits per heavy atom. The first-order valence-electron chi connectivity index (χ1n) is 11.1. The molecule has 0 radical (unpaired) electrons. The topological polar surface area (TPSA) is 18.5 Å². The Balaban J connectivity index is 1.19. The lowest BCUT2D eigenvalue weighted by Crippen LogP contribution is -2.38. The van der Waals surface area contributed by atoms with Crippen LogP contribution in [0.2, 0.25) is 0 Å². The number of ether oxygens (including phenoxy) is 2. The zero-order valence-corrected chi connectivity index (χ0v) is 16.6. The third-order valence-corrected chi connectivity index (χ3v) is 8.40. The highest BCUT2D eigenvalue weighted by molar-refractivity contribution is 5.29. The Labute approximate surface area is 158 Å². The monoisotopic (exact) mass is 354 g/mol. The van der Waals surface area contributed by atoms with Crippen molar-refractivity contribution in [3.8, 4) is 5.75 Å². The number of rotatable bonds is 6. The molecule has 26 heavy (non-hydrogen) atoms. The SMILES string of the molecule is CCC(C)c1ccc(OC(C)OC2CC3CC2C2C4CCC(C4)C32)cc1. The van der Waals surface area contributed by atoms with Crippen molar-refractivity contribution in [1.29, 1.82) is 0 Å². The molecule has 9 unspecified atom stereocenters.